The van der Waals surface area contributed by atoms with E-state index in [9.17, 15) is 9.59 Å². The number of benzene rings is 1. The molecule has 1 aromatic carbocycles. The number of nitrogens with one attached hydrogen (secondary N) is 2. The number of hydrogen-bond donors (Lipinski definition) is 2. The van der Waals surface area contributed by atoms with Gasteiger partial charge in [-0.1, -0.05) is 24.3 Å². The number of amides is 2. The minimum Gasteiger partial charge on any atom is -0.354 e. The van der Waals surface area contributed by atoms with Gasteiger partial charge in [0, 0.05) is 49.1 Å². The maximum Gasteiger partial charge on any atom is 0.252 e. The summed E-state index contributed by atoms with van der Waals surface area (Å²) in [6, 6.07) is 10.4. The molecule has 6 heteroatoms. The minimum absolute atomic E-state index is 0.0373. The highest BCUT2D eigenvalue weighted by Gasteiger charge is 2.29. The Bertz CT molecular complexity index is 802. The summed E-state index contributed by atoms with van der Waals surface area (Å²) in [5, 5.41) is 9.62. The lowest BCUT2D eigenvalue weighted by Crippen LogP contribution is -2.53. The van der Waals surface area contributed by atoms with Crippen LogP contribution >= 0.6 is 11.3 Å². The number of carbonyl (C=O) groups is 2. The van der Waals surface area contributed by atoms with E-state index in [1.165, 1.54) is 22.5 Å². The van der Waals surface area contributed by atoms with E-state index in [0.29, 0.717) is 31.5 Å². The van der Waals surface area contributed by atoms with Crippen molar-refractivity contribution in [2.75, 3.05) is 19.6 Å². The molecule has 5 nitrogen and oxygen atoms in total. The molecule has 0 saturated carbocycles. The third-order valence-electron chi connectivity index (χ3n) is 5.35. The largest absolute Gasteiger partial charge is 0.354 e. The molecule has 0 atom stereocenters. The maximum absolute atomic E-state index is 12.2. The van der Waals surface area contributed by atoms with Gasteiger partial charge in [-0.3, -0.25) is 14.5 Å². The Kier molecular flexibility index (Phi) is 6.86. The van der Waals surface area contributed by atoms with E-state index in [0.717, 1.165) is 19.5 Å². The van der Waals surface area contributed by atoms with E-state index in [1.807, 2.05) is 10.8 Å². The van der Waals surface area contributed by atoms with Crippen molar-refractivity contribution < 1.29 is 9.59 Å². The number of nitrogens with zero attached hydrogens (tertiary/aromatic N) is 1. The van der Waals surface area contributed by atoms with E-state index >= 15 is 0 Å². The summed E-state index contributed by atoms with van der Waals surface area (Å²) >= 11 is 1.50. The zero-order valence-electron chi connectivity index (χ0n) is 16.7. The molecule has 2 amide bonds. The van der Waals surface area contributed by atoms with Crippen LogP contribution in [0.25, 0.3) is 0 Å². The summed E-state index contributed by atoms with van der Waals surface area (Å²) < 4.78 is 0. The second kappa shape index (κ2) is 9.34. The predicted molar refractivity (Wildman–Crippen MR) is 114 cm³/mol. The first kappa shape index (κ1) is 20.6. The van der Waals surface area contributed by atoms with Crippen molar-refractivity contribution in [2.24, 2.45) is 0 Å². The van der Waals surface area contributed by atoms with Gasteiger partial charge in [-0.15, -0.1) is 0 Å². The monoisotopic (exact) mass is 399 g/mol. The van der Waals surface area contributed by atoms with Gasteiger partial charge in [0.2, 0.25) is 5.91 Å². The minimum atomic E-state index is -0.101. The normalized spacial score (nSPS) is 14.4. The molecule has 0 bridgehead atoms. The third kappa shape index (κ3) is 5.42. The van der Waals surface area contributed by atoms with Crippen molar-refractivity contribution in [1.82, 2.24) is 15.5 Å². The van der Waals surface area contributed by atoms with Gasteiger partial charge >= 0.3 is 0 Å². The van der Waals surface area contributed by atoms with Crippen LogP contribution in [0.5, 0.6) is 0 Å². The highest BCUT2D eigenvalue weighted by Crippen LogP contribution is 2.24. The summed E-state index contributed by atoms with van der Waals surface area (Å²) in [4.78, 5) is 26.5. The fraction of sp³-hybridized carbons (Fsp3) is 0.455. The Hall–Kier alpha value is -2.18. The smallest absolute Gasteiger partial charge is 0.252 e. The van der Waals surface area contributed by atoms with Crippen LogP contribution in [0.3, 0.4) is 0 Å². The van der Waals surface area contributed by atoms with E-state index in [2.05, 4.69) is 53.6 Å². The van der Waals surface area contributed by atoms with Gasteiger partial charge in [-0.2, -0.15) is 11.3 Å². The average Bonchev–Trinajstić information content (AvgIpc) is 3.24. The van der Waals surface area contributed by atoms with Crippen LogP contribution in [0.15, 0.2) is 41.1 Å². The molecule has 1 aliphatic heterocycles. The van der Waals surface area contributed by atoms with E-state index in [4.69, 9.17) is 0 Å². The van der Waals surface area contributed by atoms with Crippen molar-refractivity contribution in [2.45, 2.75) is 45.2 Å². The molecule has 1 aromatic heterocycles. The molecule has 3 rings (SSSR count). The van der Waals surface area contributed by atoms with Crippen LogP contribution in [0.1, 0.15) is 48.2 Å². The first-order chi connectivity index (χ1) is 13.5. The van der Waals surface area contributed by atoms with Crippen molar-refractivity contribution >= 4 is 23.2 Å². The van der Waals surface area contributed by atoms with Crippen LogP contribution in [-0.2, 0) is 17.8 Å². The van der Waals surface area contributed by atoms with Crippen LogP contribution in [0.4, 0.5) is 0 Å². The number of hydrogen-bond acceptors (Lipinski definition) is 4. The number of carbonyl (C=O) groups excluding carboxylic acids is 2. The van der Waals surface area contributed by atoms with Crippen LogP contribution in [-0.4, -0.2) is 41.9 Å². The molecule has 0 unspecified atom stereocenters. The summed E-state index contributed by atoms with van der Waals surface area (Å²) in [5.74, 6) is -0.0385. The van der Waals surface area contributed by atoms with Crippen LogP contribution in [0, 0.1) is 0 Å². The topological polar surface area (TPSA) is 61.4 Å². The molecule has 2 N–H and O–H groups in total. The molecule has 1 aliphatic rings. The first-order valence-corrected chi connectivity index (χ1v) is 10.8. The number of rotatable bonds is 8. The van der Waals surface area contributed by atoms with Gasteiger partial charge in [-0.25, -0.2) is 0 Å². The Morgan fingerprint density at radius 2 is 1.93 bits per heavy atom. The molecular formula is C22H29N3O2S. The Labute approximate surface area is 171 Å². The van der Waals surface area contributed by atoms with Crippen molar-refractivity contribution in [3.8, 4) is 0 Å². The summed E-state index contributed by atoms with van der Waals surface area (Å²) in [6.45, 7) is 7.43. The highest BCUT2D eigenvalue weighted by molar-refractivity contribution is 7.08. The zero-order chi connectivity index (χ0) is 20.0. The number of fused-ring (bicyclic) bond motifs is 1. The Morgan fingerprint density at radius 3 is 2.68 bits per heavy atom. The molecule has 0 radical (unpaired) electrons. The second-order valence-electron chi connectivity index (χ2n) is 7.90. The molecule has 28 heavy (non-hydrogen) atoms. The SMILES string of the molecule is CC(C)(CNC(=O)CCCNC(=O)c1ccsc1)N1CCc2ccccc2C1. The predicted octanol–water partition coefficient (Wildman–Crippen LogP) is 3.21. The molecule has 2 aromatic rings. The molecule has 2 heterocycles. The molecule has 0 spiro atoms. The van der Waals surface area contributed by atoms with Crippen LogP contribution in [0.2, 0.25) is 0 Å². The van der Waals surface area contributed by atoms with E-state index in [-0.39, 0.29) is 17.4 Å². The van der Waals surface area contributed by atoms with Gasteiger partial charge in [0.05, 0.1) is 0 Å². The lowest BCUT2D eigenvalue weighted by Gasteiger charge is -2.41. The standard InChI is InChI=1S/C22H29N3O2S/c1-22(2,25-12-9-17-6-3-4-7-18(17)14-25)16-24-20(26)8-5-11-23-21(27)19-10-13-28-15-19/h3-4,6-7,10,13,15H,5,8-9,11-12,14,16H2,1-2H3,(H,23,27)(H,24,26). The lowest BCUT2D eigenvalue weighted by atomic mass is 9.94. The first-order valence-electron chi connectivity index (χ1n) is 9.85. The third-order valence-corrected chi connectivity index (χ3v) is 6.04. The fourth-order valence-electron chi connectivity index (χ4n) is 3.47. The Balaban J connectivity index is 1.37. The van der Waals surface area contributed by atoms with Gasteiger partial charge in [-0.05, 0) is 49.3 Å². The van der Waals surface area contributed by atoms with E-state index in [1.54, 1.807) is 6.07 Å². The maximum atomic E-state index is 12.2. The average molecular weight is 400 g/mol. The summed E-state index contributed by atoms with van der Waals surface area (Å²) in [6.07, 6.45) is 2.11. The van der Waals surface area contributed by atoms with Crippen LogP contribution < -0.4 is 10.6 Å². The molecule has 0 aliphatic carbocycles. The quantitative estimate of drug-likeness (QED) is 0.670. The second-order valence-corrected chi connectivity index (χ2v) is 8.68. The molecule has 150 valence electrons. The molecule has 0 saturated heterocycles. The van der Waals surface area contributed by atoms with E-state index < -0.39 is 0 Å². The highest BCUT2D eigenvalue weighted by atomic mass is 32.1. The summed E-state index contributed by atoms with van der Waals surface area (Å²) in [5.41, 5.74) is 3.40. The zero-order valence-corrected chi connectivity index (χ0v) is 17.5. The Morgan fingerprint density at radius 1 is 1.14 bits per heavy atom. The van der Waals surface area contributed by atoms with Crippen molar-refractivity contribution in [3.05, 3.63) is 57.8 Å². The van der Waals surface area contributed by atoms with Gasteiger partial charge in [0.15, 0.2) is 0 Å². The molecular weight excluding hydrogens is 370 g/mol. The van der Waals surface area contributed by atoms with Gasteiger partial charge < -0.3 is 10.6 Å². The van der Waals surface area contributed by atoms with Gasteiger partial charge in [0.1, 0.15) is 0 Å². The van der Waals surface area contributed by atoms with Crippen molar-refractivity contribution in [1.29, 1.82) is 0 Å². The summed E-state index contributed by atoms with van der Waals surface area (Å²) in [7, 11) is 0. The fourth-order valence-corrected chi connectivity index (χ4v) is 4.11. The van der Waals surface area contributed by atoms with Gasteiger partial charge in [0.25, 0.3) is 5.91 Å². The molecule has 0 fully saturated rings. The van der Waals surface area contributed by atoms with Crippen molar-refractivity contribution in [3.63, 3.8) is 0 Å². The lowest BCUT2D eigenvalue weighted by molar-refractivity contribution is -0.121. The number of thiophene rings is 1.